The molecule has 1 aromatic heterocycles. The maximum atomic E-state index is 12.6. The molecule has 1 aliphatic rings. The van der Waals surface area contributed by atoms with E-state index < -0.39 is 16.0 Å². The molecule has 1 saturated heterocycles. The van der Waals surface area contributed by atoms with Gasteiger partial charge >= 0.3 is 5.97 Å². The summed E-state index contributed by atoms with van der Waals surface area (Å²) >= 11 is 0. The van der Waals surface area contributed by atoms with Gasteiger partial charge in [0.25, 0.3) is 0 Å². The monoisotopic (exact) mass is 287 g/mol. The highest BCUT2D eigenvalue weighted by atomic mass is 32.2. The maximum absolute atomic E-state index is 12.6. The molecule has 0 radical (unpaired) electrons. The Labute approximate surface area is 112 Å². The van der Waals surface area contributed by atoms with Crippen LogP contribution in [0, 0.1) is 13.8 Å². The van der Waals surface area contributed by atoms with Crippen molar-refractivity contribution < 1.29 is 22.7 Å². The number of carboxylic acid groups (broad SMARTS) is 1. The second-order valence-electron chi connectivity index (χ2n) is 4.83. The summed E-state index contributed by atoms with van der Waals surface area (Å²) in [5, 5.41) is 9.19. The van der Waals surface area contributed by atoms with Crippen molar-refractivity contribution in [2.24, 2.45) is 0 Å². The zero-order valence-electron chi connectivity index (χ0n) is 11.1. The first kappa shape index (κ1) is 14.1. The highest BCUT2D eigenvalue weighted by Crippen LogP contribution is 2.32. The molecule has 106 valence electrons. The fourth-order valence-electron chi connectivity index (χ4n) is 2.60. The van der Waals surface area contributed by atoms with Gasteiger partial charge in [-0.3, -0.25) is 0 Å². The van der Waals surface area contributed by atoms with Crippen LogP contribution in [0.4, 0.5) is 0 Å². The number of rotatable bonds is 3. The minimum absolute atomic E-state index is 0.110. The van der Waals surface area contributed by atoms with E-state index in [-0.39, 0.29) is 28.0 Å². The lowest BCUT2D eigenvalue weighted by Crippen LogP contribution is -2.34. The van der Waals surface area contributed by atoms with Crippen molar-refractivity contribution in [2.45, 2.75) is 44.6 Å². The third-order valence-corrected chi connectivity index (χ3v) is 5.65. The topological polar surface area (TPSA) is 87.8 Å². The molecule has 0 spiro atoms. The molecule has 1 unspecified atom stereocenters. The summed E-state index contributed by atoms with van der Waals surface area (Å²) in [6.07, 6.45) is 1.58. The third kappa shape index (κ3) is 2.17. The van der Waals surface area contributed by atoms with Gasteiger partial charge in [-0.15, -0.1) is 0 Å². The van der Waals surface area contributed by atoms with Crippen LogP contribution in [0.5, 0.6) is 0 Å². The molecule has 1 aliphatic heterocycles. The molecule has 6 nitrogen and oxygen atoms in total. The molecule has 1 N–H and O–H groups in total. The summed E-state index contributed by atoms with van der Waals surface area (Å²) in [4.78, 5) is 11.1. The Bertz CT molecular complexity index is 616. The Kier molecular flexibility index (Phi) is 3.44. The number of hydrogen-bond donors (Lipinski definition) is 1. The van der Waals surface area contributed by atoms with Gasteiger partial charge in [-0.05, 0) is 33.6 Å². The summed E-state index contributed by atoms with van der Waals surface area (Å²) in [6.45, 7) is 5.19. The molecule has 0 amide bonds. The van der Waals surface area contributed by atoms with Crippen molar-refractivity contribution in [1.29, 1.82) is 0 Å². The molecular formula is C12H17NO5S. The van der Waals surface area contributed by atoms with Crippen LogP contribution in [0.25, 0.3) is 0 Å². The van der Waals surface area contributed by atoms with Gasteiger partial charge in [-0.25, -0.2) is 13.2 Å². The number of aromatic carboxylic acids is 1. The Hall–Kier alpha value is -1.34. The van der Waals surface area contributed by atoms with Crippen LogP contribution in [-0.4, -0.2) is 36.4 Å². The smallest absolute Gasteiger partial charge is 0.340 e. The van der Waals surface area contributed by atoms with Crippen molar-refractivity contribution in [3.63, 3.8) is 0 Å². The molecule has 0 aliphatic carbocycles. The minimum atomic E-state index is -3.81. The average molecular weight is 287 g/mol. The van der Waals surface area contributed by atoms with Crippen LogP contribution in [0.3, 0.4) is 0 Å². The first-order valence-electron chi connectivity index (χ1n) is 6.12. The van der Waals surface area contributed by atoms with Gasteiger partial charge in [0, 0.05) is 12.6 Å². The van der Waals surface area contributed by atoms with Gasteiger partial charge in [0.2, 0.25) is 10.0 Å². The average Bonchev–Trinajstić information content (AvgIpc) is 2.82. The lowest BCUT2D eigenvalue weighted by molar-refractivity contribution is 0.0691. The summed E-state index contributed by atoms with van der Waals surface area (Å²) in [5.41, 5.74) is -0.253. The lowest BCUT2D eigenvalue weighted by Gasteiger charge is -2.20. The standard InChI is InChI=1S/C12H17NO5S/c1-7-5-4-6-13(7)19(16,17)11-9(3)18-8(2)10(11)12(14)15/h7H,4-6H2,1-3H3,(H,14,15). The van der Waals surface area contributed by atoms with Crippen molar-refractivity contribution in [3.05, 3.63) is 17.1 Å². The predicted molar refractivity (Wildman–Crippen MR) is 67.7 cm³/mol. The second kappa shape index (κ2) is 4.64. The molecule has 0 bridgehead atoms. The fourth-order valence-corrected chi connectivity index (χ4v) is 4.68. The zero-order valence-corrected chi connectivity index (χ0v) is 12.0. The predicted octanol–water partition coefficient (Wildman–Crippen LogP) is 1.77. The number of nitrogens with zero attached hydrogens (tertiary/aromatic N) is 1. The summed E-state index contributed by atoms with van der Waals surface area (Å²) in [6, 6.07) is -0.110. The van der Waals surface area contributed by atoms with Gasteiger partial charge in [0.1, 0.15) is 22.0 Å². The first-order valence-corrected chi connectivity index (χ1v) is 7.56. The second-order valence-corrected chi connectivity index (χ2v) is 6.66. The SMILES string of the molecule is Cc1oc(C)c(S(=O)(=O)N2CCCC2C)c1C(=O)O. The van der Waals surface area contributed by atoms with Crippen LogP contribution < -0.4 is 0 Å². The van der Waals surface area contributed by atoms with E-state index in [1.165, 1.54) is 18.2 Å². The van der Waals surface area contributed by atoms with Gasteiger partial charge in [-0.1, -0.05) is 0 Å². The van der Waals surface area contributed by atoms with E-state index >= 15 is 0 Å². The van der Waals surface area contributed by atoms with E-state index in [9.17, 15) is 18.3 Å². The Morgan fingerprint density at radius 1 is 1.37 bits per heavy atom. The molecule has 2 rings (SSSR count). The first-order chi connectivity index (χ1) is 8.76. The van der Waals surface area contributed by atoms with E-state index in [0.29, 0.717) is 6.54 Å². The molecule has 19 heavy (non-hydrogen) atoms. The fraction of sp³-hybridized carbons (Fsp3) is 0.583. The highest BCUT2D eigenvalue weighted by Gasteiger charge is 2.39. The summed E-state index contributed by atoms with van der Waals surface area (Å²) < 4.78 is 31.8. The lowest BCUT2D eigenvalue weighted by atomic mass is 10.2. The Morgan fingerprint density at radius 2 is 2.00 bits per heavy atom. The van der Waals surface area contributed by atoms with Crippen LogP contribution in [0.2, 0.25) is 0 Å². The zero-order chi connectivity index (χ0) is 14.4. The van der Waals surface area contributed by atoms with Crippen LogP contribution in [-0.2, 0) is 10.0 Å². The summed E-state index contributed by atoms with van der Waals surface area (Å²) in [5.74, 6) is -1.02. The van der Waals surface area contributed by atoms with Crippen LogP contribution >= 0.6 is 0 Å². The van der Waals surface area contributed by atoms with E-state index in [2.05, 4.69) is 0 Å². The van der Waals surface area contributed by atoms with Gasteiger partial charge < -0.3 is 9.52 Å². The highest BCUT2D eigenvalue weighted by molar-refractivity contribution is 7.89. The number of hydrogen-bond acceptors (Lipinski definition) is 4. The third-order valence-electron chi connectivity index (χ3n) is 3.48. The molecule has 0 aromatic carbocycles. The van der Waals surface area contributed by atoms with Crippen LogP contribution in [0.15, 0.2) is 9.31 Å². The normalized spacial score (nSPS) is 20.9. The Balaban J connectivity index is 2.61. The van der Waals surface area contributed by atoms with E-state index in [0.717, 1.165) is 12.8 Å². The van der Waals surface area contributed by atoms with E-state index in [1.807, 2.05) is 6.92 Å². The van der Waals surface area contributed by atoms with E-state index in [1.54, 1.807) is 0 Å². The minimum Gasteiger partial charge on any atom is -0.478 e. The number of sulfonamides is 1. The van der Waals surface area contributed by atoms with Crippen molar-refractivity contribution >= 4 is 16.0 Å². The van der Waals surface area contributed by atoms with Gasteiger partial charge in [-0.2, -0.15) is 4.31 Å². The van der Waals surface area contributed by atoms with Gasteiger partial charge in [0.15, 0.2) is 0 Å². The summed E-state index contributed by atoms with van der Waals surface area (Å²) in [7, 11) is -3.81. The molecule has 0 saturated carbocycles. The molecule has 7 heteroatoms. The number of aryl methyl sites for hydroxylation is 2. The quantitative estimate of drug-likeness (QED) is 0.915. The van der Waals surface area contributed by atoms with Gasteiger partial charge in [0.05, 0.1) is 0 Å². The van der Waals surface area contributed by atoms with Crippen molar-refractivity contribution in [3.8, 4) is 0 Å². The van der Waals surface area contributed by atoms with Crippen molar-refractivity contribution in [2.75, 3.05) is 6.54 Å². The molecule has 1 fully saturated rings. The van der Waals surface area contributed by atoms with E-state index in [4.69, 9.17) is 4.42 Å². The molecular weight excluding hydrogens is 270 g/mol. The maximum Gasteiger partial charge on any atom is 0.340 e. The largest absolute Gasteiger partial charge is 0.478 e. The molecule has 2 heterocycles. The molecule has 1 aromatic rings. The van der Waals surface area contributed by atoms with Crippen molar-refractivity contribution in [1.82, 2.24) is 4.31 Å². The Morgan fingerprint density at radius 3 is 2.47 bits per heavy atom. The number of furan rings is 1. The number of carbonyl (C=O) groups is 1. The van der Waals surface area contributed by atoms with Crippen LogP contribution in [0.1, 0.15) is 41.6 Å². The molecule has 1 atom stereocenters. The number of carboxylic acids is 1.